The lowest BCUT2D eigenvalue weighted by Gasteiger charge is -2.39. The Bertz CT molecular complexity index is 1170. The average Bonchev–Trinajstić information content (AvgIpc) is 3.45. The maximum Gasteiger partial charge on any atom is 0.215 e. The molecule has 1 atom stereocenters. The summed E-state index contributed by atoms with van der Waals surface area (Å²) in [5.41, 5.74) is 3.55. The van der Waals surface area contributed by atoms with Crippen LogP contribution in [-0.2, 0) is 11.2 Å². The number of carbonyl (C=O) groups is 1. The maximum atomic E-state index is 12.6. The third-order valence-corrected chi connectivity index (χ3v) is 7.14. The fourth-order valence-electron chi connectivity index (χ4n) is 5.03. The summed E-state index contributed by atoms with van der Waals surface area (Å²) in [5.74, 6) is 1.81. The number of carbonyl (C=O) groups excluding carboxylic acids is 1. The number of oxazole rings is 1. The molecule has 0 amide bonds. The van der Waals surface area contributed by atoms with E-state index in [0.29, 0.717) is 17.9 Å². The number of nitrogens with zero attached hydrogens (tertiary/aromatic N) is 4. The Labute approximate surface area is 213 Å². The Kier molecular flexibility index (Phi) is 8.40. The second-order valence-electron chi connectivity index (χ2n) is 9.19. The Morgan fingerprint density at radius 3 is 2.42 bits per heavy atom. The number of ether oxygens (including phenoxy) is 1. The van der Waals surface area contributed by atoms with E-state index in [1.165, 1.54) is 0 Å². The van der Waals surface area contributed by atoms with Gasteiger partial charge in [-0.25, -0.2) is 4.98 Å². The molecule has 0 aliphatic carbocycles. The number of methoxy groups -OCH3 is 1. The van der Waals surface area contributed by atoms with E-state index in [4.69, 9.17) is 9.15 Å². The largest absolute Gasteiger partial charge is 0.497 e. The molecule has 2 aromatic carbocycles. The molecule has 7 nitrogen and oxygen atoms in total. The number of rotatable bonds is 10. The van der Waals surface area contributed by atoms with E-state index in [-0.39, 0.29) is 17.7 Å². The van der Waals surface area contributed by atoms with Crippen molar-refractivity contribution >= 4 is 11.5 Å². The summed E-state index contributed by atoms with van der Waals surface area (Å²) < 4.78 is 11.0. The average molecular weight is 487 g/mol. The van der Waals surface area contributed by atoms with Crippen LogP contribution in [0.1, 0.15) is 55.3 Å². The summed E-state index contributed by atoms with van der Waals surface area (Å²) in [6.45, 7) is 7.23. The Hall–Kier alpha value is -3.63. The van der Waals surface area contributed by atoms with E-state index in [1.807, 2.05) is 30.3 Å². The zero-order valence-corrected chi connectivity index (χ0v) is 21.3. The van der Waals surface area contributed by atoms with Crippen LogP contribution in [0, 0.1) is 17.2 Å². The topological polar surface area (TPSA) is 82.6 Å². The number of aromatic nitrogens is 1. The Balaban J connectivity index is 1.48. The summed E-state index contributed by atoms with van der Waals surface area (Å²) in [6, 6.07) is 16.1. The number of anilines is 1. The van der Waals surface area contributed by atoms with Crippen molar-refractivity contribution < 1.29 is 13.9 Å². The van der Waals surface area contributed by atoms with Crippen molar-refractivity contribution in [3.8, 4) is 11.8 Å². The van der Waals surface area contributed by atoms with Gasteiger partial charge in [0.25, 0.3) is 0 Å². The molecule has 7 heteroatoms. The molecule has 1 aliphatic heterocycles. The highest BCUT2D eigenvalue weighted by Gasteiger charge is 2.30. The summed E-state index contributed by atoms with van der Waals surface area (Å²) in [4.78, 5) is 21.7. The molecule has 3 aromatic rings. The van der Waals surface area contributed by atoms with E-state index in [9.17, 15) is 10.1 Å². The van der Waals surface area contributed by atoms with Gasteiger partial charge in [-0.05, 0) is 48.2 Å². The maximum absolute atomic E-state index is 12.6. The van der Waals surface area contributed by atoms with Crippen LogP contribution in [0.3, 0.4) is 0 Å². The van der Waals surface area contributed by atoms with Crippen LogP contribution in [0.4, 0.5) is 5.69 Å². The zero-order valence-electron chi connectivity index (χ0n) is 21.3. The predicted octanol–water partition coefficient (Wildman–Crippen LogP) is 5.01. The molecule has 0 N–H and O–H groups in total. The fourth-order valence-corrected chi connectivity index (χ4v) is 5.03. The molecule has 1 fully saturated rings. The van der Waals surface area contributed by atoms with Gasteiger partial charge in [0.1, 0.15) is 29.9 Å². The lowest BCUT2D eigenvalue weighted by Crippen LogP contribution is -2.48. The van der Waals surface area contributed by atoms with Crippen molar-refractivity contribution in [3.63, 3.8) is 0 Å². The third-order valence-electron chi connectivity index (χ3n) is 7.14. The molecular formula is C29H34N4O3. The molecule has 36 heavy (non-hydrogen) atoms. The van der Waals surface area contributed by atoms with Crippen molar-refractivity contribution in [3.05, 3.63) is 77.5 Å². The van der Waals surface area contributed by atoms with Gasteiger partial charge in [-0.2, -0.15) is 5.26 Å². The minimum Gasteiger partial charge on any atom is -0.497 e. The van der Waals surface area contributed by atoms with Gasteiger partial charge in [0.05, 0.1) is 24.6 Å². The zero-order chi connectivity index (χ0) is 25.5. The number of benzene rings is 2. The summed E-state index contributed by atoms with van der Waals surface area (Å²) in [5, 5.41) is 9.86. The minimum atomic E-state index is -0.0954. The van der Waals surface area contributed by atoms with E-state index in [0.717, 1.165) is 61.6 Å². The van der Waals surface area contributed by atoms with Crippen LogP contribution in [0.15, 0.2) is 59.3 Å². The summed E-state index contributed by atoms with van der Waals surface area (Å²) >= 11 is 0. The van der Waals surface area contributed by atoms with Crippen molar-refractivity contribution in [1.29, 1.82) is 5.26 Å². The van der Waals surface area contributed by atoms with Gasteiger partial charge in [-0.1, -0.05) is 32.0 Å². The Morgan fingerprint density at radius 2 is 1.83 bits per heavy atom. The molecule has 0 radical (unpaired) electrons. The van der Waals surface area contributed by atoms with E-state index < -0.39 is 0 Å². The number of ketones is 1. The van der Waals surface area contributed by atoms with Gasteiger partial charge in [0, 0.05) is 38.5 Å². The number of hydrogen-bond acceptors (Lipinski definition) is 7. The Morgan fingerprint density at radius 1 is 1.11 bits per heavy atom. The van der Waals surface area contributed by atoms with Crippen molar-refractivity contribution in [2.75, 3.05) is 38.2 Å². The molecule has 1 aliphatic rings. The first-order valence-corrected chi connectivity index (χ1v) is 12.7. The summed E-state index contributed by atoms with van der Waals surface area (Å²) in [7, 11) is 1.66. The van der Waals surface area contributed by atoms with Gasteiger partial charge in [-0.3, -0.25) is 9.69 Å². The van der Waals surface area contributed by atoms with E-state index in [2.05, 4.69) is 46.8 Å². The molecule has 1 saturated heterocycles. The van der Waals surface area contributed by atoms with Gasteiger partial charge >= 0.3 is 0 Å². The molecule has 1 unspecified atom stereocenters. The second-order valence-corrected chi connectivity index (χ2v) is 9.19. The second kappa shape index (κ2) is 11.9. The lowest BCUT2D eigenvalue weighted by atomic mass is 9.93. The number of piperazine rings is 1. The number of nitriles is 1. The van der Waals surface area contributed by atoms with Gasteiger partial charge in [-0.15, -0.1) is 0 Å². The SMILES string of the molecule is CCC(CC)C(=O)Cc1ccc(N2CCN(C(c3ccc(OC)cc3)c3ncco3)CC2)c(C#N)c1. The van der Waals surface area contributed by atoms with Crippen molar-refractivity contribution in [2.45, 2.75) is 39.2 Å². The van der Waals surface area contributed by atoms with Crippen LogP contribution >= 0.6 is 0 Å². The van der Waals surface area contributed by atoms with Crippen LogP contribution in [0.5, 0.6) is 5.75 Å². The van der Waals surface area contributed by atoms with Crippen LogP contribution in [0.25, 0.3) is 0 Å². The van der Waals surface area contributed by atoms with Crippen molar-refractivity contribution in [1.82, 2.24) is 9.88 Å². The normalized spacial score (nSPS) is 15.0. The lowest BCUT2D eigenvalue weighted by molar-refractivity contribution is -0.122. The third kappa shape index (κ3) is 5.60. The molecule has 1 aromatic heterocycles. The van der Waals surface area contributed by atoms with Gasteiger partial charge < -0.3 is 14.1 Å². The highest BCUT2D eigenvalue weighted by atomic mass is 16.5. The molecule has 0 bridgehead atoms. The van der Waals surface area contributed by atoms with Gasteiger partial charge in [0.15, 0.2) is 0 Å². The van der Waals surface area contributed by atoms with Gasteiger partial charge in [0.2, 0.25) is 5.89 Å². The smallest absolute Gasteiger partial charge is 0.215 e. The fraction of sp³-hybridized carbons (Fsp3) is 0.414. The first-order chi connectivity index (χ1) is 17.6. The van der Waals surface area contributed by atoms with Crippen LogP contribution in [0.2, 0.25) is 0 Å². The number of Topliss-reactive ketones (excluding diaryl/α,β-unsaturated/α-hetero) is 1. The van der Waals surface area contributed by atoms with E-state index in [1.54, 1.807) is 19.6 Å². The van der Waals surface area contributed by atoms with Crippen LogP contribution in [-0.4, -0.2) is 49.0 Å². The number of hydrogen-bond donors (Lipinski definition) is 0. The molecule has 188 valence electrons. The quantitative estimate of drug-likeness (QED) is 0.398. The summed E-state index contributed by atoms with van der Waals surface area (Å²) in [6.07, 6.45) is 5.38. The first kappa shape index (κ1) is 25.5. The van der Waals surface area contributed by atoms with Crippen molar-refractivity contribution in [2.24, 2.45) is 5.92 Å². The highest BCUT2D eigenvalue weighted by molar-refractivity contribution is 5.83. The highest BCUT2D eigenvalue weighted by Crippen LogP contribution is 2.31. The monoisotopic (exact) mass is 486 g/mol. The molecule has 0 saturated carbocycles. The molecular weight excluding hydrogens is 452 g/mol. The predicted molar refractivity (Wildman–Crippen MR) is 139 cm³/mol. The molecule has 0 spiro atoms. The van der Waals surface area contributed by atoms with Crippen LogP contribution < -0.4 is 9.64 Å². The minimum absolute atomic E-state index is 0.0885. The standard InChI is InChI=1S/C29H34N4O3/c1-4-22(5-2)27(34)19-21-6-11-26(24(18-21)20-30)32-13-15-33(16-14-32)28(29-31-12-17-36-29)23-7-9-25(35-3)10-8-23/h6-12,17-18,22,28H,4-5,13-16,19H2,1-3H3. The molecule has 2 heterocycles. The first-order valence-electron chi connectivity index (χ1n) is 12.7. The molecule has 4 rings (SSSR count). The van der Waals surface area contributed by atoms with E-state index >= 15 is 0 Å².